The minimum atomic E-state index is -3.46. The minimum absolute atomic E-state index is 0.0805. The zero-order valence-electron chi connectivity index (χ0n) is 14.4. The van der Waals surface area contributed by atoms with Crippen LogP contribution in [0.3, 0.4) is 0 Å². The van der Waals surface area contributed by atoms with Crippen LogP contribution in [0.1, 0.15) is 37.7 Å². The summed E-state index contributed by atoms with van der Waals surface area (Å²) in [6, 6.07) is 6.76. The molecule has 1 heterocycles. The Kier molecular flexibility index (Phi) is 6.09. The van der Waals surface area contributed by atoms with Crippen molar-refractivity contribution in [3.8, 4) is 0 Å². The third-order valence-corrected chi connectivity index (χ3v) is 6.88. The smallest absolute Gasteiger partial charge is 0.243 e. The Hall–Kier alpha value is -1.44. The van der Waals surface area contributed by atoms with E-state index in [2.05, 4.69) is 5.32 Å². The molecular formula is C18H26N2O4S. The fourth-order valence-electron chi connectivity index (χ4n) is 3.46. The Morgan fingerprint density at radius 3 is 2.40 bits per heavy atom. The average molecular weight is 366 g/mol. The van der Waals surface area contributed by atoms with Gasteiger partial charge in [-0.3, -0.25) is 4.79 Å². The quantitative estimate of drug-likeness (QED) is 0.834. The number of nitrogens with one attached hydrogen (secondary N) is 1. The number of sulfonamides is 1. The summed E-state index contributed by atoms with van der Waals surface area (Å²) in [4.78, 5) is 12.3. The van der Waals surface area contributed by atoms with E-state index in [1.165, 1.54) is 17.1 Å². The maximum Gasteiger partial charge on any atom is 0.243 e. The Balaban J connectivity index is 1.53. The molecule has 0 atom stereocenters. The van der Waals surface area contributed by atoms with Gasteiger partial charge < -0.3 is 10.1 Å². The van der Waals surface area contributed by atoms with E-state index in [-0.39, 0.29) is 10.8 Å². The number of hydrogen-bond donors (Lipinski definition) is 1. The molecule has 1 amide bonds. The van der Waals surface area contributed by atoms with Gasteiger partial charge in [-0.1, -0.05) is 25.0 Å². The van der Waals surface area contributed by atoms with E-state index >= 15 is 0 Å². The first kappa shape index (κ1) is 18.4. The molecule has 2 fully saturated rings. The van der Waals surface area contributed by atoms with Gasteiger partial charge in [0.15, 0.2) is 0 Å². The van der Waals surface area contributed by atoms with Crippen LogP contribution in [-0.4, -0.2) is 44.9 Å². The molecule has 0 unspecified atom stereocenters. The second-order valence-electron chi connectivity index (χ2n) is 6.79. The van der Waals surface area contributed by atoms with Crippen molar-refractivity contribution in [2.75, 3.05) is 26.3 Å². The van der Waals surface area contributed by atoms with Crippen LogP contribution in [0.25, 0.3) is 0 Å². The number of benzene rings is 1. The van der Waals surface area contributed by atoms with E-state index in [4.69, 9.17) is 4.74 Å². The molecule has 1 saturated carbocycles. The van der Waals surface area contributed by atoms with Gasteiger partial charge >= 0.3 is 0 Å². The monoisotopic (exact) mass is 366 g/mol. The van der Waals surface area contributed by atoms with Gasteiger partial charge in [-0.2, -0.15) is 4.31 Å². The van der Waals surface area contributed by atoms with Crippen molar-refractivity contribution >= 4 is 15.9 Å². The summed E-state index contributed by atoms with van der Waals surface area (Å²) in [6.07, 6.45) is 5.38. The minimum Gasteiger partial charge on any atom is -0.379 e. The summed E-state index contributed by atoms with van der Waals surface area (Å²) in [5.74, 6) is 0.609. The molecule has 138 valence electrons. The number of carbonyl (C=O) groups is 1. The van der Waals surface area contributed by atoms with Crippen molar-refractivity contribution in [2.24, 2.45) is 5.92 Å². The van der Waals surface area contributed by atoms with Crippen LogP contribution >= 0.6 is 0 Å². The first-order valence-electron chi connectivity index (χ1n) is 8.99. The normalized spacial score (nSPS) is 19.8. The summed E-state index contributed by atoms with van der Waals surface area (Å²) in [7, 11) is -3.46. The van der Waals surface area contributed by atoms with Gasteiger partial charge in [0.1, 0.15) is 0 Å². The molecule has 6 nitrogen and oxygen atoms in total. The summed E-state index contributed by atoms with van der Waals surface area (Å²) >= 11 is 0. The van der Waals surface area contributed by atoms with Crippen molar-refractivity contribution in [2.45, 2.75) is 43.5 Å². The maximum atomic E-state index is 12.6. The highest BCUT2D eigenvalue weighted by molar-refractivity contribution is 7.89. The van der Waals surface area contributed by atoms with Crippen LogP contribution < -0.4 is 5.32 Å². The molecule has 25 heavy (non-hydrogen) atoms. The van der Waals surface area contributed by atoms with E-state index in [0.717, 1.165) is 18.4 Å². The van der Waals surface area contributed by atoms with Crippen molar-refractivity contribution in [1.82, 2.24) is 9.62 Å². The molecule has 1 aromatic carbocycles. The molecule has 7 heteroatoms. The van der Waals surface area contributed by atoms with Crippen LogP contribution in [0.15, 0.2) is 29.2 Å². The van der Waals surface area contributed by atoms with Crippen molar-refractivity contribution in [3.05, 3.63) is 29.8 Å². The summed E-state index contributed by atoms with van der Waals surface area (Å²) in [5, 5.41) is 2.93. The van der Waals surface area contributed by atoms with Crippen molar-refractivity contribution in [3.63, 3.8) is 0 Å². The van der Waals surface area contributed by atoms with Crippen LogP contribution in [0, 0.1) is 5.92 Å². The molecule has 0 radical (unpaired) electrons. The van der Waals surface area contributed by atoms with Gasteiger partial charge in [0.25, 0.3) is 0 Å². The zero-order valence-corrected chi connectivity index (χ0v) is 15.3. The highest BCUT2D eigenvalue weighted by Gasteiger charge is 2.26. The second-order valence-corrected chi connectivity index (χ2v) is 8.73. The van der Waals surface area contributed by atoms with E-state index in [9.17, 15) is 13.2 Å². The fraction of sp³-hybridized carbons (Fsp3) is 0.611. The van der Waals surface area contributed by atoms with E-state index in [0.29, 0.717) is 45.2 Å². The third kappa shape index (κ3) is 4.80. The number of hydrogen-bond acceptors (Lipinski definition) is 4. The largest absolute Gasteiger partial charge is 0.379 e. The summed E-state index contributed by atoms with van der Waals surface area (Å²) in [5.41, 5.74) is 0.903. The topological polar surface area (TPSA) is 75.7 Å². The number of amides is 1. The lowest BCUT2D eigenvalue weighted by Crippen LogP contribution is -2.40. The van der Waals surface area contributed by atoms with Crippen LogP contribution in [-0.2, 0) is 26.1 Å². The van der Waals surface area contributed by atoms with Gasteiger partial charge in [-0.05, 0) is 36.5 Å². The summed E-state index contributed by atoms with van der Waals surface area (Å²) in [6.45, 7) is 2.08. The molecule has 1 N–H and O–H groups in total. The lowest BCUT2D eigenvalue weighted by Gasteiger charge is -2.26. The number of nitrogens with zero attached hydrogens (tertiary/aromatic N) is 1. The van der Waals surface area contributed by atoms with Gasteiger partial charge in [-0.15, -0.1) is 0 Å². The molecule has 1 saturated heterocycles. The highest BCUT2D eigenvalue weighted by Crippen LogP contribution is 2.27. The Morgan fingerprint density at radius 2 is 1.76 bits per heavy atom. The molecule has 1 aliphatic heterocycles. The van der Waals surface area contributed by atoms with Crippen LogP contribution in [0.4, 0.5) is 0 Å². The van der Waals surface area contributed by atoms with Gasteiger partial charge in [0.05, 0.1) is 18.1 Å². The van der Waals surface area contributed by atoms with Gasteiger partial charge in [0, 0.05) is 26.1 Å². The van der Waals surface area contributed by atoms with Crippen LogP contribution in [0.5, 0.6) is 0 Å². The lowest BCUT2D eigenvalue weighted by atomic mass is 10.0. The average Bonchev–Trinajstić information content (AvgIpc) is 3.14. The number of morpholine rings is 1. The molecule has 0 bridgehead atoms. The standard InChI is InChI=1S/C18H26N2O4S/c21-18(13-15-3-1-2-4-15)19-14-16-5-7-17(8-6-16)25(22,23)20-9-11-24-12-10-20/h5-8,15H,1-4,9-14H2,(H,19,21). The molecule has 2 aliphatic rings. The van der Waals surface area contributed by atoms with Gasteiger partial charge in [-0.25, -0.2) is 8.42 Å². The van der Waals surface area contributed by atoms with Crippen molar-refractivity contribution in [1.29, 1.82) is 0 Å². The predicted octanol–water partition coefficient (Wildman–Crippen LogP) is 1.90. The first-order chi connectivity index (χ1) is 12.1. The van der Waals surface area contributed by atoms with E-state index in [1.807, 2.05) is 0 Å². The predicted molar refractivity (Wildman–Crippen MR) is 94.4 cm³/mol. The first-order valence-corrected chi connectivity index (χ1v) is 10.4. The number of carbonyl (C=O) groups excluding carboxylic acids is 1. The SMILES string of the molecule is O=C(CC1CCCC1)NCc1ccc(S(=O)(=O)N2CCOCC2)cc1. The molecular weight excluding hydrogens is 340 g/mol. The summed E-state index contributed by atoms with van der Waals surface area (Å²) < 4.78 is 31.8. The van der Waals surface area contributed by atoms with Crippen LogP contribution in [0.2, 0.25) is 0 Å². The second kappa shape index (κ2) is 8.29. The molecule has 1 aromatic rings. The Labute approximate surface area is 149 Å². The van der Waals surface area contributed by atoms with E-state index < -0.39 is 10.0 Å². The fourth-order valence-corrected chi connectivity index (χ4v) is 4.87. The Morgan fingerprint density at radius 1 is 1.12 bits per heavy atom. The number of rotatable bonds is 6. The van der Waals surface area contributed by atoms with Gasteiger partial charge in [0.2, 0.25) is 15.9 Å². The number of ether oxygens (including phenoxy) is 1. The zero-order chi connectivity index (χ0) is 17.7. The molecule has 3 rings (SSSR count). The maximum absolute atomic E-state index is 12.6. The molecule has 0 aromatic heterocycles. The lowest BCUT2D eigenvalue weighted by molar-refractivity contribution is -0.122. The Bertz CT molecular complexity index is 676. The molecule has 0 spiro atoms. The van der Waals surface area contributed by atoms with E-state index in [1.54, 1.807) is 24.3 Å². The highest BCUT2D eigenvalue weighted by atomic mass is 32.2. The third-order valence-electron chi connectivity index (χ3n) is 4.97. The van der Waals surface area contributed by atoms with Crippen molar-refractivity contribution < 1.29 is 17.9 Å². The molecule has 1 aliphatic carbocycles.